The molecule has 1 fully saturated rings. The minimum atomic E-state index is 0.255. The average molecular weight is 188 g/mol. The lowest BCUT2D eigenvalue weighted by atomic mass is 9.71. The lowest BCUT2D eigenvalue weighted by Crippen LogP contribution is -2.43. The summed E-state index contributed by atoms with van der Waals surface area (Å²) in [5.41, 5.74) is 0.578. The molecule has 2 heteroatoms. The summed E-state index contributed by atoms with van der Waals surface area (Å²) in [7, 11) is 0. The van der Waals surface area contributed by atoms with E-state index >= 15 is 0 Å². The fourth-order valence-corrected chi connectivity index (χ4v) is 2.19. The van der Waals surface area contributed by atoms with E-state index in [9.17, 15) is 0 Å². The van der Waals surface area contributed by atoms with Crippen LogP contribution in [0.15, 0.2) is 0 Å². The van der Waals surface area contributed by atoms with Gasteiger partial charge in [0.25, 0.3) is 0 Å². The van der Waals surface area contributed by atoms with Crippen molar-refractivity contribution < 1.29 is 4.74 Å². The van der Waals surface area contributed by atoms with Gasteiger partial charge in [-0.05, 0) is 11.8 Å². The van der Waals surface area contributed by atoms with E-state index in [1.54, 1.807) is 0 Å². The molecule has 1 aliphatic rings. The van der Waals surface area contributed by atoms with Gasteiger partial charge in [0.05, 0.1) is 13.2 Å². The number of ether oxygens (including phenoxy) is 1. The summed E-state index contributed by atoms with van der Waals surface area (Å²) in [6.45, 7) is 10.7. The van der Waals surface area contributed by atoms with Gasteiger partial charge in [-0.1, -0.05) is 27.7 Å². The van der Waals surface area contributed by atoms with Crippen molar-refractivity contribution in [1.82, 2.24) is 0 Å². The molecule has 2 unspecified atom stereocenters. The van der Waals surface area contributed by atoms with Crippen LogP contribution >= 0.6 is 12.6 Å². The van der Waals surface area contributed by atoms with E-state index in [2.05, 4.69) is 40.3 Å². The molecule has 0 aromatic rings. The molecule has 12 heavy (non-hydrogen) atoms. The molecule has 1 nitrogen and oxygen atoms in total. The van der Waals surface area contributed by atoms with Gasteiger partial charge in [0.2, 0.25) is 0 Å². The second kappa shape index (κ2) is 3.22. The van der Waals surface area contributed by atoms with Gasteiger partial charge in [-0.3, -0.25) is 0 Å². The molecule has 0 aliphatic carbocycles. The Kier molecular flexibility index (Phi) is 2.79. The highest BCUT2D eigenvalue weighted by molar-refractivity contribution is 7.81. The first-order chi connectivity index (χ1) is 5.36. The van der Waals surface area contributed by atoms with Gasteiger partial charge in [-0.2, -0.15) is 12.6 Å². The van der Waals surface area contributed by atoms with Crippen molar-refractivity contribution >= 4 is 12.6 Å². The SMILES string of the molecule is CC(S)C1(C)COCC(C)(C)C1. The first-order valence-electron chi connectivity index (χ1n) is 4.62. The first-order valence-corrected chi connectivity index (χ1v) is 5.13. The molecule has 2 atom stereocenters. The predicted octanol–water partition coefficient (Wildman–Crippen LogP) is 2.76. The predicted molar refractivity (Wildman–Crippen MR) is 55.8 cm³/mol. The Balaban J connectivity index is 2.68. The van der Waals surface area contributed by atoms with Crippen LogP contribution in [0, 0.1) is 10.8 Å². The van der Waals surface area contributed by atoms with Crippen LogP contribution in [-0.2, 0) is 4.74 Å². The van der Waals surface area contributed by atoms with Crippen molar-refractivity contribution in [3.63, 3.8) is 0 Å². The standard InChI is InChI=1S/C10H20OS/c1-8(12)10(4)5-9(2,3)6-11-7-10/h8,12H,5-7H2,1-4H3. The highest BCUT2D eigenvalue weighted by atomic mass is 32.1. The third-order valence-corrected chi connectivity index (χ3v) is 3.44. The maximum Gasteiger partial charge on any atom is 0.0530 e. The number of hydrogen-bond donors (Lipinski definition) is 1. The topological polar surface area (TPSA) is 9.23 Å². The third kappa shape index (κ3) is 2.17. The molecule has 0 radical (unpaired) electrons. The summed E-state index contributed by atoms with van der Waals surface area (Å²) in [5.74, 6) is 0. The minimum absolute atomic E-state index is 0.255. The van der Waals surface area contributed by atoms with E-state index in [1.165, 1.54) is 6.42 Å². The van der Waals surface area contributed by atoms with Crippen molar-refractivity contribution in [2.75, 3.05) is 13.2 Å². The monoisotopic (exact) mass is 188 g/mol. The summed E-state index contributed by atoms with van der Waals surface area (Å²) >= 11 is 4.52. The Morgan fingerprint density at radius 3 is 2.17 bits per heavy atom. The molecular formula is C10H20OS. The maximum atomic E-state index is 5.61. The van der Waals surface area contributed by atoms with Gasteiger partial charge >= 0.3 is 0 Å². The van der Waals surface area contributed by atoms with E-state index in [1.807, 2.05) is 0 Å². The lowest BCUT2D eigenvalue weighted by Gasteiger charge is -2.44. The second-order valence-corrected chi connectivity index (χ2v) is 5.94. The van der Waals surface area contributed by atoms with Gasteiger partial charge in [0, 0.05) is 10.7 Å². The smallest absolute Gasteiger partial charge is 0.0530 e. The Bertz CT molecular complexity index is 165. The van der Waals surface area contributed by atoms with Gasteiger partial charge in [0.15, 0.2) is 0 Å². The Morgan fingerprint density at radius 1 is 1.25 bits per heavy atom. The van der Waals surface area contributed by atoms with E-state index in [-0.39, 0.29) is 5.41 Å². The number of hydrogen-bond acceptors (Lipinski definition) is 2. The Morgan fingerprint density at radius 2 is 1.83 bits per heavy atom. The van der Waals surface area contributed by atoms with E-state index in [4.69, 9.17) is 4.74 Å². The van der Waals surface area contributed by atoms with Crippen LogP contribution in [0.3, 0.4) is 0 Å². The molecule has 0 amide bonds. The van der Waals surface area contributed by atoms with Gasteiger partial charge in [0.1, 0.15) is 0 Å². The zero-order valence-electron chi connectivity index (χ0n) is 8.55. The van der Waals surface area contributed by atoms with E-state index in [0.717, 1.165) is 13.2 Å². The van der Waals surface area contributed by atoms with Crippen LogP contribution in [0.1, 0.15) is 34.1 Å². The molecule has 0 N–H and O–H groups in total. The molecule has 1 saturated heterocycles. The first kappa shape index (κ1) is 10.4. The summed E-state index contributed by atoms with van der Waals surface area (Å²) in [6.07, 6.45) is 1.21. The largest absolute Gasteiger partial charge is 0.380 e. The lowest BCUT2D eigenvalue weighted by molar-refractivity contribution is -0.0670. The van der Waals surface area contributed by atoms with Crippen LogP contribution in [0.4, 0.5) is 0 Å². The Hall–Kier alpha value is 0.310. The minimum Gasteiger partial charge on any atom is -0.380 e. The second-order valence-electron chi connectivity index (χ2n) is 5.16. The van der Waals surface area contributed by atoms with E-state index < -0.39 is 0 Å². The molecule has 0 spiro atoms. The molecule has 72 valence electrons. The molecular weight excluding hydrogens is 168 g/mol. The van der Waals surface area contributed by atoms with Crippen molar-refractivity contribution in [2.24, 2.45) is 10.8 Å². The molecule has 0 bridgehead atoms. The molecule has 0 aromatic heterocycles. The van der Waals surface area contributed by atoms with Gasteiger partial charge in [-0.25, -0.2) is 0 Å². The van der Waals surface area contributed by atoms with Crippen molar-refractivity contribution in [1.29, 1.82) is 0 Å². The van der Waals surface area contributed by atoms with Crippen molar-refractivity contribution in [3.05, 3.63) is 0 Å². The molecule has 1 heterocycles. The number of rotatable bonds is 1. The van der Waals surface area contributed by atoms with Gasteiger partial charge < -0.3 is 4.74 Å². The zero-order chi connectivity index (χ0) is 9.41. The van der Waals surface area contributed by atoms with Crippen LogP contribution in [0.2, 0.25) is 0 Å². The van der Waals surface area contributed by atoms with Crippen molar-refractivity contribution in [3.8, 4) is 0 Å². The fraction of sp³-hybridized carbons (Fsp3) is 1.00. The Labute approximate surface area is 81.3 Å². The van der Waals surface area contributed by atoms with Crippen LogP contribution in [-0.4, -0.2) is 18.5 Å². The fourth-order valence-electron chi connectivity index (χ4n) is 2.02. The summed E-state index contributed by atoms with van der Waals surface area (Å²) in [6, 6.07) is 0. The highest BCUT2D eigenvalue weighted by Gasteiger charge is 2.39. The summed E-state index contributed by atoms with van der Waals surface area (Å²) in [5, 5.41) is 0.414. The van der Waals surface area contributed by atoms with E-state index in [0.29, 0.717) is 10.7 Å². The maximum absolute atomic E-state index is 5.61. The number of thiol groups is 1. The quantitative estimate of drug-likeness (QED) is 0.623. The van der Waals surface area contributed by atoms with Crippen molar-refractivity contribution in [2.45, 2.75) is 39.4 Å². The highest BCUT2D eigenvalue weighted by Crippen LogP contribution is 2.42. The normalized spacial score (nSPS) is 37.8. The molecule has 1 aliphatic heterocycles. The van der Waals surface area contributed by atoms with Gasteiger partial charge in [-0.15, -0.1) is 0 Å². The molecule has 0 aromatic carbocycles. The van der Waals surface area contributed by atoms with Crippen LogP contribution < -0.4 is 0 Å². The summed E-state index contributed by atoms with van der Waals surface area (Å²) < 4.78 is 5.61. The third-order valence-electron chi connectivity index (χ3n) is 2.82. The van der Waals surface area contributed by atoms with Crippen LogP contribution in [0.25, 0.3) is 0 Å². The zero-order valence-corrected chi connectivity index (χ0v) is 9.45. The molecule has 0 saturated carbocycles. The molecule has 1 rings (SSSR count). The van der Waals surface area contributed by atoms with Crippen LogP contribution in [0.5, 0.6) is 0 Å². The average Bonchev–Trinajstić information content (AvgIpc) is 1.83. The summed E-state index contributed by atoms with van der Waals surface area (Å²) in [4.78, 5) is 0.